The van der Waals surface area contributed by atoms with Gasteiger partial charge in [-0.05, 0) is 83.4 Å². The first-order chi connectivity index (χ1) is 16.8. The molecule has 1 aliphatic heterocycles. The lowest BCUT2D eigenvalue weighted by Crippen LogP contribution is -2.47. The van der Waals surface area contributed by atoms with Gasteiger partial charge in [0.05, 0.1) is 12.0 Å². The quantitative estimate of drug-likeness (QED) is 0.258. The summed E-state index contributed by atoms with van der Waals surface area (Å²) in [5.74, 6) is 0.0313. The van der Waals surface area contributed by atoms with E-state index in [4.69, 9.17) is 11.6 Å². The van der Waals surface area contributed by atoms with Crippen LogP contribution in [-0.2, 0) is 20.9 Å². The third-order valence-corrected chi connectivity index (χ3v) is 7.25. The van der Waals surface area contributed by atoms with E-state index in [0.717, 1.165) is 70.9 Å². The SMILES string of the molecule is CN(CCCCCC(=O)C1CCCC(C(CCCCC(=O)Cl)N(C)C)C(=O)N1)Cc1ccccc1. The summed E-state index contributed by atoms with van der Waals surface area (Å²) in [5, 5.41) is 2.75. The molecule has 1 amide bonds. The van der Waals surface area contributed by atoms with E-state index < -0.39 is 0 Å². The molecule has 6 nitrogen and oxygen atoms in total. The number of nitrogens with one attached hydrogen (secondary N) is 1. The van der Waals surface area contributed by atoms with E-state index >= 15 is 0 Å². The van der Waals surface area contributed by atoms with Crippen LogP contribution in [0.15, 0.2) is 30.3 Å². The minimum Gasteiger partial charge on any atom is -0.346 e. The second kappa shape index (κ2) is 16.1. The van der Waals surface area contributed by atoms with Crippen molar-refractivity contribution in [1.29, 1.82) is 0 Å². The van der Waals surface area contributed by atoms with E-state index in [0.29, 0.717) is 12.8 Å². The van der Waals surface area contributed by atoms with Crippen LogP contribution >= 0.6 is 11.6 Å². The second-order valence-electron chi connectivity index (χ2n) is 10.2. The molecule has 35 heavy (non-hydrogen) atoms. The van der Waals surface area contributed by atoms with Gasteiger partial charge in [-0.15, -0.1) is 0 Å². The van der Waals surface area contributed by atoms with Crippen LogP contribution in [0.5, 0.6) is 0 Å². The van der Waals surface area contributed by atoms with Crippen molar-refractivity contribution in [3.8, 4) is 0 Å². The van der Waals surface area contributed by atoms with Crippen LogP contribution in [0.4, 0.5) is 0 Å². The maximum Gasteiger partial charge on any atom is 0.225 e. The molecule has 1 aromatic carbocycles. The smallest absolute Gasteiger partial charge is 0.225 e. The van der Waals surface area contributed by atoms with Gasteiger partial charge in [-0.1, -0.05) is 49.6 Å². The van der Waals surface area contributed by atoms with E-state index in [1.165, 1.54) is 5.56 Å². The first-order valence-electron chi connectivity index (χ1n) is 13.2. The van der Waals surface area contributed by atoms with Crippen molar-refractivity contribution in [2.75, 3.05) is 27.7 Å². The van der Waals surface area contributed by atoms with Gasteiger partial charge in [0.1, 0.15) is 0 Å². The molecule has 1 aliphatic rings. The number of rotatable bonds is 16. The Labute approximate surface area is 216 Å². The standard InChI is InChI=1S/C28H44ClN3O3/c1-31(2)25(17-9-10-19-27(29)34)23-15-12-16-24(30-28(23)35)26(33)18-8-5-11-20-32(3)21-22-13-6-4-7-14-22/h4,6-7,13-14,23-25H,5,8-12,15-21H2,1-3H3,(H,30,35). The lowest BCUT2D eigenvalue weighted by Gasteiger charge is -2.31. The van der Waals surface area contributed by atoms with Crippen LogP contribution < -0.4 is 5.32 Å². The highest BCUT2D eigenvalue weighted by molar-refractivity contribution is 6.63. The number of ketones is 1. The van der Waals surface area contributed by atoms with Gasteiger partial charge in [-0.3, -0.25) is 14.4 Å². The van der Waals surface area contributed by atoms with Gasteiger partial charge in [0.25, 0.3) is 0 Å². The number of amides is 1. The van der Waals surface area contributed by atoms with Crippen LogP contribution in [0, 0.1) is 5.92 Å². The molecule has 1 fully saturated rings. The number of carbonyl (C=O) groups is 3. The van der Waals surface area contributed by atoms with Crippen molar-refractivity contribution < 1.29 is 14.4 Å². The summed E-state index contributed by atoms with van der Waals surface area (Å²) in [6.07, 6.45) is 8.67. The Morgan fingerprint density at radius 1 is 1.00 bits per heavy atom. The fourth-order valence-corrected chi connectivity index (χ4v) is 5.21. The Kier molecular flexibility index (Phi) is 13.5. The van der Waals surface area contributed by atoms with Crippen molar-refractivity contribution in [2.45, 2.75) is 89.3 Å². The summed E-state index contributed by atoms with van der Waals surface area (Å²) in [7, 11) is 6.12. The van der Waals surface area contributed by atoms with Gasteiger partial charge in [-0.25, -0.2) is 0 Å². The largest absolute Gasteiger partial charge is 0.346 e. The molecule has 2 rings (SSSR count). The Bertz CT molecular complexity index is 787. The summed E-state index contributed by atoms with van der Waals surface area (Å²) in [5.41, 5.74) is 1.31. The summed E-state index contributed by atoms with van der Waals surface area (Å²) >= 11 is 5.44. The first kappa shape index (κ1) is 29.5. The molecule has 1 heterocycles. The van der Waals surface area contributed by atoms with Gasteiger partial charge in [0.15, 0.2) is 5.78 Å². The van der Waals surface area contributed by atoms with Crippen LogP contribution in [0.25, 0.3) is 0 Å². The van der Waals surface area contributed by atoms with Gasteiger partial charge in [0.2, 0.25) is 11.1 Å². The minimum absolute atomic E-state index is 0.00416. The van der Waals surface area contributed by atoms with Crippen LogP contribution in [0.1, 0.15) is 76.2 Å². The number of carbonyl (C=O) groups excluding carboxylic acids is 3. The van der Waals surface area contributed by atoms with Crippen molar-refractivity contribution in [2.24, 2.45) is 5.92 Å². The van der Waals surface area contributed by atoms with Crippen LogP contribution in [0.3, 0.4) is 0 Å². The average Bonchev–Trinajstić information content (AvgIpc) is 3.00. The lowest BCUT2D eigenvalue weighted by atomic mass is 9.89. The highest BCUT2D eigenvalue weighted by Gasteiger charge is 2.34. The molecule has 0 bridgehead atoms. The van der Waals surface area contributed by atoms with Gasteiger partial charge in [0, 0.05) is 25.4 Å². The monoisotopic (exact) mass is 505 g/mol. The topological polar surface area (TPSA) is 69.7 Å². The predicted octanol–water partition coefficient (Wildman–Crippen LogP) is 4.79. The molecule has 3 unspecified atom stereocenters. The van der Waals surface area contributed by atoms with E-state index in [-0.39, 0.29) is 34.9 Å². The van der Waals surface area contributed by atoms with Crippen molar-refractivity contribution >= 4 is 28.5 Å². The summed E-state index contributed by atoms with van der Waals surface area (Å²) in [6, 6.07) is 10.2. The van der Waals surface area contributed by atoms with Crippen LogP contribution in [0.2, 0.25) is 0 Å². The molecule has 0 aromatic heterocycles. The number of halogens is 1. The Hall–Kier alpha value is -1.76. The van der Waals surface area contributed by atoms with Crippen molar-refractivity contribution in [3.63, 3.8) is 0 Å². The number of nitrogens with zero attached hydrogens (tertiary/aromatic N) is 2. The highest BCUT2D eigenvalue weighted by Crippen LogP contribution is 2.26. The molecule has 0 spiro atoms. The number of hydrogen-bond acceptors (Lipinski definition) is 5. The first-order valence-corrected chi connectivity index (χ1v) is 13.6. The Balaban J connectivity index is 1.71. The minimum atomic E-state index is -0.357. The number of hydrogen-bond donors (Lipinski definition) is 1. The third-order valence-electron chi connectivity index (χ3n) is 7.06. The second-order valence-corrected chi connectivity index (χ2v) is 10.7. The summed E-state index contributed by atoms with van der Waals surface area (Å²) in [4.78, 5) is 41.3. The zero-order chi connectivity index (χ0) is 25.6. The lowest BCUT2D eigenvalue weighted by molar-refractivity contribution is -0.131. The fourth-order valence-electron chi connectivity index (χ4n) is 5.08. The Morgan fingerprint density at radius 2 is 1.71 bits per heavy atom. The zero-order valence-corrected chi connectivity index (χ0v) is 22.6. The third kappa shape index (κ3) is 11.2. The Morgan fingerprint density at radius 3 is 2.40 bits per heavy atom. The van der Waals surface area contributed by atoms with Crippen LogP contribution in [-0.4, -0.2) is 66.5 Å². The van der Waals surface area contributed by atoms with Crippen molar-refractivity contribution in [1.82, 2.24) is 15.1 Å². The van der Waals surface area contributed by atoms with E-state index in [2.05, 4.69) is 46.4 Å². The van der Waals surface area contributed by atoms with Gasteiger partial charge < -0.3 is 15.1 Å². The summed E-state index contributed by atoms with van der Waals surface area (Å²) in [6.45, 7) is 1.95. The molecule has 196 valence electrons. The molecular formula is C28H44ClN3O3. The average molecular weight is 506 g/mol. The fraction of sp³-hybridized carbons (Fsp3) is 0.679. The molecule has 0 saturated carbocycles. The maximum absolute atomic E-state index is 13.0. The summed E-state index contributed by atoms with van der Waals surface area (Å²) < 4.78 is 0. The predicted molar refractivity (Wildman–Crippen MR) is 142 cm³/mol. The van der Waals surface area contributed by atoms with Gasteiger partial charge >= 0.3 is 0 Å². The highest BCUT2D eigenvalue weighted by atomic mass is 35.5. The maximum atomic E-state index is 13.0. The van der Waals surface area contributed by atoms with E-state index in [1.807, 2.05) is 20.2 Å². The van der Waals surface area contributed by atoms with Crippen molar-refractivity contribution in [3.05, 3.63) is 35.9 Å². The molecule has 0 radical (unpaired) electrons. The molecule has 7 heteroatoms. The normalized spacial score (nSPS) is 19.4. The number of Topliss-reactive ketones (excluding diaryl/α,β-unsaturated/α-hetero) is 1. The molecule has 1 aromatic rings. The number of unbranched alkanes of at least 4 members (excludes halogenated alkanes) is 3. The van der Waals surface area contributed by atoms with E-state index in [1.54, 1.807) is 0 Å². The van der Waals surface area contributed by atoms with E-state index in [9.17, 15) is 14.4 Å². The molecule has 3 atom stereocenters. The molecular weight excluding hydrogens is 462 g/mol. The molecule has 0 aliphatic carbocycles. The number of benzene rings is 1. The van der Waals surface area contributed by atoms with Gasteiger partial charge in [-0.2, -0.15) is 0 Å². The zero-order valence-electron chi connectivity index (χ0n) is 21.8. The molecule has 1 saturated heterocycles. The molecule has 1 N–H and O–H groups in total.